The summed E-state index contributed by atoms with van der Waals surface area (Å²) >= 11 is 6.01. The van der Waals surface area contributed by atoms with Gasteiger partial charge in [-0.1, -0.05) is 28.9 Å². The second-order valence-electron chi connectivity index (χ2n) is 5.24. The standard InChI is InChI=1S/C15H16ClFN4O2/c1-3-10-6-11(23-19-10)7-21-8-14(18-20-21)9-4-12(16)15(22-2)13(17)5-9/h4-5,8,11H,3,6-7H2,1-2H3/t11-/m0/s1. The second kappa shape index (κ2) is 6.54. The molecule has 1 aliphatic heterocycles. The summed E-state index contributed by atoms with van der Waals surface area (Å²) in [6, 6.07) is 2.92. The minimum absolute atomic E-state index is 0.0198. The molecule has 1 aliphatic rings. The number of rotatable bonds is 5. The summed E-state index contributed by atoms with van der Waals surface area (Å²) in [6.45, 7) is 2.58. The molecule has 2 heterocycles. The summed E-state index contributed by atoms with van der Waals surface area (Å²) in [7, 11) is 1.37. The van der Waals surface area contributed by atoms with Crippen LogP contribution in [0.4, 0.5) is 4.39 Å². The van der Waals surface area contributed by atoms with Crippen LogP contribution in [0.3, 0.4) is 0 Å². The summed E-state index contributed by atoms with van der Waals surface area (Å²) in [4.78, 5) is 5.35. The Kier molecular flexibility index (Phi) is 4.47. The normalized spacial score (nSPS) is 17.0. The van der Waals surface area contributed by atoms with E-state index in [0.29, 0.717) is 17.8 Å². The summed E-state index contributed by atoms with van der Waals surface area (Å²) in [6.07, 6.45) is 3.35. The minimum Gasteiger partial charge on any atom is -0.492 e. The van der Waals surface area contributed by atoms with E-state index >= 15 is 0 Å². The molecule has 0 amide bonds. The number of ether oxygens (including phenoxy) is 1. The van der Waals surface area contributed by atoms with Crippen LogP contribution < -0.4 is 4.74 Å². The van der Waals surface area contributed by atoms with E-state index in [-0.39, 0.29) is 16.9 Å². The molecule has 0 spiro atoms. The molecule has 8 heteroatoms. The second-order valence-corrected chi connectivity index (χ2v) is 5.65. The fourth-order valence-electron chi connectivity index (χ4n) is 2.42. The number of nitrogens with zero attached hydrogens (tertiary/aromatic N) is 4. The van der Waals surface area contributed by atoms with Gasteiger partial charge in [0.2, 0.25) is 0 Å². The maximum atomic E-state index is 13.9. The highest BCUT2D eigenvalue weighted by Crippen LogP contribution is 2.32. The lowest BCUT2D eigenvalue weighted by molar-refractivity contribution is 0.0693. The number of aromatic nitrogens is 3. The van der Waals surface area contributed by atoms with Crippen LogP contribution in [-0.2, 0) is 11.4 Å². The third-order valence-corrected chi connectivity index (χ3v) is 3.91. The minimum atomic E-state index is -0.537. The molecule has 1 atom stereocenters. The Morgan fingerprint density at radius 3 is 2.96 bits per heavy atom. The van der Waals surface area contributed by atoms with Crippen LogP contribution >= 0.6 is 11.6 Å². The maximum absolute atomic E-state index is 13.9. The Morgan fingerprint density at radius 1 is 1.48 bits per heavy atom. The molecule has 0 fully saturated rings. The quantitative estimate of drug-likeness (QED) is 0.839. The van der Waals surface area contributed by atoms with Crippen LogP contribution in [0.1, 0.15) is 19.8 Å². The van der Waals surface area contributed by atoms with Gasteiger partial charge in [0.1, 0.15) is 5.69 Å². The van der Waals surface area contributed by atoms with Gasteiger partial charge in [0.05, 0.1) is 30.6 Å². The van der Waals surface area contributed by atoms with Crippen molar-refractivity contribution in [3.8, 4) is 17.0 Å². The molecule has 0 saturated heterocycles. The van der Waals surface area contributed by atoms with Crippen molar-refractivity contribution in [3.63, 3.8) is 0 Å². The largest absolute Gasteiger partial charge is 0.492 e. The predicted molar refractivity (Wildman–Crippen MR) is 84.2 cm³/mol. The molecule has 0 aliphatic carbocycles. The molecular weight excluding hydrogens is 323 g/mol. The fraction of sp³-hybridized carbons (Fsp3) is 0.400. The van der Waals surface area contributed by atoms with Crippen molar-refractivity contribution in [2.45, 2.75) is 32.4 Å². The van der Waals surface area contributed by atoms with Gasteiger partial charge >= 0.3 is 0 Å². The van der Waals surface area contributed by atoms with Crippen LogP contribution in [0.25, 0.3) is 11.3 Å². The molecule has 122 valence electrons. The van der Waals surface area contributed by atoms with Crippen molar-refractivity contribution >= 4 is 17.3 Å². The van der Waals surface area contributed by atoms with E-state index < -0.39 is 5.82 Å². The van der Waals surface area contributed by atoms with Crippen molar-refractivity contribution in [1.82, 2.24) is 15.0 Å². The van der Waals surface area contributed by atoms with Crippen molar-refractivity contribution < 1.29 is 14.0 Å². The highest BCUT2D eigenvalue weighted by Gasteiger charge is 2.21. The number of oxime groups is 1. The zero-order valence-corrected chi connectivity index (χ0v) is 13.5. The van der Waals surface area contributed by atoms with Crippen LogP contribution in [0, 0.1) is 5.82 Å². The van der Waals surface area contributed by atoms with Gasteiger partial charge in [-0.2, -0.15) is 0 Å². The zero-order valence-electron chi connectivity index (χ0n) is 12.8. The zero-order chi connectivity index (χ0) is 16.4. The Labute approximate surface area is 137 Å². The molecule has 1 aromatic heterocycles. The number of halogens is 2. The number of hydrogen-bond acceptors (Lipinski definition) is 5. The Hall–Kier alpha value is -2.15. The van der Waals surface area contributed by atoms with E-state index in [4.69, 9.17) is 21.2 Å². The highest BCUT2D eigenvalue weighted by molar-refractivity contribution is 6.32. The SMILES string of the molecule is CCC1=NO[C@H](Cn2cc(-c3cc(F)c(OC)c(Cl)c3)nn2)C1. The molecule has 0 N–H and O–H groups in total. The first-order chi connectivity index (χ1) is 11.1. The Balaban J connectivity index is 1.75. The lowest BCUT2D eigenvalue weighted by atomic mass is 10.1. The summed E-state index contributed by atoms with van der Waals surface area (Å²) in [5, 5.41) is 12.3. The number of hydrogen-bond donors (Lipinski definition) is 0. The molecule has 0 saturated carbocycles. The van der Waals surface area contributed by atoms with E-state index in [9.17, 15) is 4.39 Å². The van der Waals surface area contributed by atoms with E-state index in [0.717, 1.165) is 18.6 Å². The first-order valence-electron chi connectivity index (χ1n) is 7.25. The Bertz CT molecular complexity index is 724. The maximum Gasteiger partial charge on any atom is 0.173 e. The van der Waals surface area contributed by atoms with Crippen LogP contribution in [0.15, 0.2) is 23.5 Å². The van der Waals surface area contributed by atoms with Crippen molar-refractivity contribution in [2.24, 2.45) is 5.16 Å². The number of methoxy groups -OCH3 is 1. The molecule has 3 rings (SSSR count). The topological polar surface area (TPSA) is 61.5 Å². The molecule has 0 bridgehead atoms. The van der Waals surface area contributed by atoms with Crippen LogP contribution in [0.5, 0.6) is 5.75 Å². The first kappa shape index (κ1) is 15.7. The van der Waals surface area contributed by atoms with E-state index in [2.05, 4.69) is 15.5 Å². The molecule has 1 aromatic carbocycles. The van der Waals surface area contributed by atoms with Crippen molar-refractivity contribution in [3.05, 3.63) is 29.2 Å². The van der Waals surface area contributed by atoms with Gasteiger partial charge in [-0.25, -0.2) is 9.07 Å². The molecule has 0 radical (unpaired) electrons. The van der Waals surface area contributed by atoms with Gasteiger partial charge < -0.3 is 9.57 Å². The van der Waals surface area contributed by atoms with Crippen LogP contribution in [0.2, 0.25) is 5.02 Å². The molecule has 6 nitrogen and oxygen atoms in total. The van der Waals surface area contributed by atoms with E-state index in [1.807, 2.05) is 6.92 Å². The van der Waals surface area contributed by atoms with Crippen molar-refractivity contribution in [1.29, 1.82) is 0 Å². The summed E-state index contributed by atoms with van der Waals surface area (Å²) < 4.78 is 20.5. The molecule has 0 unspecified atom stereocenters. The van der Waals surface area contributed by atoms with Gasteiger partial charge in [-0.15, -0.1) is 5.10 Å². The third kappa shape index (κ3) is 3.29. The monoisotopic (exact) mass is 338 g/mol. The van der Waals surface area contributed by atoms with Gasteiger partial charge in [0, 0.05) is 12.0 Å². The molecular formula is C15H16ClFN4O2. The first-order valence-corrected chi connectivity index (χ1v) is 7.63. The predicted octanol–water partition coefficient (Wildman–Crippen LogP) is 3.30. The fourth-order valence-corrected chi connectivity index (χ4v) is 2.71. The van der Waals surface area contributed by atoms with Crippen LogP contribution in [-0.4, -0.2) is 33.9 Å². The average Bonchev–Trinajstić information content (AvgIpc) is 3.16. The van der Waals surface area contributed by atoms with Gasteiger partial charge in [0.25, 0.3) is 0 Å². The summed E-state index contributed by atoms with van der Waals surface area (Å²) in [5.74, 6) is -0.518. The highest BCUT2D eigenvalue weighted by atomic mass is 35.5. The number of benzene rings is 1. The van der Waals surface area contributed by atoms with Gasteiger partial charge in [0.15, 0.2) is 17.7 Å². The average molecular weight is 339 g/mol. The lowest BCUT2D eigenvalue weighted by Crippen LogP contribution is -2.16. The Morgan fingerprint density at radius 2 is 2.30 bits per heavy atom. The molecule has 23 heavy (non-hydrogen) atoms. The summed E-state index contributed by atoms with van der Waals surface area (Å²) in [5.41, 5.74) is 2.11. The third-order valence-electron chi connectivity index (χ3n) is 3.63. The van der Waals surface area contributed by atoms with Crippen molar-refractivity contribution in [2.75, 3.05) is 7.11 Å². The smallest absolute Gasteiger partial charge is 0.173 e. The van der Waals surface area contributed by atoms with E-state index in [1.165, 1.54) is 13.2 Å². The van der Waals surface area contributed by atoms with E-state index in [1.54, 1.807) is 16.9 Å². The van der Waals surface area contributed by atoms with Gasteiger partial charge in [-0.05, 0) is 18.6 Å². The lowest BCUT2D eigenvalue weighted by Gasteiger charge is -2.07. The van der Waals surface area contributed by atoms with Gasteiger partial charge in [-0.3, -0.25) is 0 Å². The molecule has 2 aromatic rings.